The SMILES string of the molecule is Cc1ccc(-c2cc3cccc[n+]3cc2C)cc1. The van der Waals surface area contributed by atoms with E-state index in [-0.39, 0.29) is 0 Å². The van der Waals surface area contributed by atoms with Crippen LogP contribution < -0.4 is 4.40 Å². The van der Waals surface area contributed by atoms with Crippen LogP contribution in [0.15, 0.2) is 60.9 Å². The molecule has 0 N–H and O–H groups in total. The number of aromatic nitrogens is 1. The lowest BCUT2D eigenvalue weighted by Crippen LogP contribution is -2.20. The number of fused-ring (bicyclic) bond motifs is 1. The molecule has 0 fully saturated rings. The fourth-order valence-corrected chi connectivity index (χ4v) is 2.29. The molecule has 0 bridgehead atoms. The summed E-state index contributed by atoms with van der Waals surface area (Å²) >= 11 is 0. The van der Waals surface area contributed by atoms with Crippen molar-refractivity contribution in [1.29, 1.82) is 0 Å². The zero-order valence-electron chi connectivity index (χ0n) is 10.7. The molecule has 3 aromatic rings. The van der Waals surface area contributed by atoms with Crippen molar-refractivity contribution in [2.75, 3.05) is 0 Å². The van der Waals surface area contributed by atoms with Gasteiger partial charge in [0.2, 0.25) is 5.52 Å². The number of hydrogen-bond acceptors (Lipinski definition) is 0. The summed E-state index contributed by atoms with van der Waals surface area (Å²) in [7, 11) is 0. The van der Waals surface area contributed by atoms with Gasteiger partial charge in [0.25, 0.3) is 0 Å². The molecule has 3 rings (SSSR count). The van der Waals surface area contributed by atoms with Crippen molar-refractivity contribution < 1.29 is 4.40 Å². The minimum atomic E-state index is 1.22. The Hall–Kier alpha value is -2.15. The summed E-state index contributed by atoms with van der Waals surface area (Å²) in [5.74, 6) is 0. The maximum atomic E-state index is 2.25. The third-order valence-electron chi connectivity index (χ3n) is 3.34. The van der Waals surface area contributed by atoms with Crippen LogP contribution in [0.25, 0.3) is 16.6 Å². The summed E-state index contributed by atoms with van der Waals surface area (Å²) in [6, 6.07) is 17.2. The van der Waals surface area contributed by atoms with Crippen LogP contribution in [0.4, 0.5) is 0 Å². The second-order valence-electron chi connectivity index (χ2n) is 4.77. The first-order chi connectivity index (χ1) is 8.74. The molecule has 88 valence electrons. The van der Waals surface area contributed by atoms with Gasteiger partial charge in [0.1, 0.15) is 0 Å². The fraction of sp³-hybridized carbons (Fsp3) is 0.118. The summed E-state index contributed by atoms with van der Waals surface area (Å²) in [4.78, 5) is 0. The van der Waals surface area contributed by atoms with Crippen LogP contribution in [0.5, 0.6) is 0 Å². The first-order valence-corrected chi connectivity index (χ1v) is 6.22. The molecule has 1 nitrogen and oxygen atoms in total. The van der Waals surface area contributed by atoms with Crippen LogP contribution >= 0.6 is 0 Å². The first kappa shape index (κ1) is 11.0. The summed E-state index contributed by atoms with van der Waals surface area (Å²) in [5, 5.41) is 0. The van der Waals surface area contributed by atoms with Gasteiger partial charge < -0.3 is 0 Å². The average molecular weight is 234 g/mol. The van der Waals surface area contributed by atoms with Gasteiger partial charge in [-0.05, 0) is 31.0 Å². The Morgan fingerprint density at radius 2 is 1.67 bits per heavy atom. The predicted octanol–water partition coefficient (Wildman–Crippen LogP) is 3.71. The van der Waals surface area contributed by atoms with E-state index in [1.807, 2.05) is 0 Å². The van der Waals surface area contributed by atoms with E-state index in [2.05, 4.69) is 79.2 Å². The van der Waals surface area contributed by atoms with E-state index in [0.717, 1.165) is 0 Å². The van der Waals surface area contributed by atoms with Crippen LogP contribution in [0.2, 0.25) is 0 Å². The molecule has 0 aliphatic heterocycles. The molecule has 0 unspecified atom stereocenters. The van der Waals surface area contributed by atoms with Gasteiger partial charge >= 0.3 is 0 Å². The molecule has 2 heterocycles. The molecule has 0 saturated carbocycles. The van der Waals surface area contributed by atoms with E-state index >= 15 is 0 Å². The second-order valence-corrected chi connectivity index (χ2v) is 4.77. The van der Waals surface area contributed by atoms with Gasteiger partial charge in [-0.15, -0.1) is 0 Å². The zero-order valence-corrected chi connectivity index (χ0v) is 10.7. The molecule has 0 atom stereocenters. The van der Waals surface area contributed by atoms with E-state index in [0.29, 0.717) is 0 Å². The van der Waals surface area contributed by atoms with Crippen molar-refractivity contribution in [2.24, 2.45) is 0 Å². The van der Waals surface area contributed by atoms with Gasteiger partial charge in [0, 0.05) is 23.8 Å². The molecule has 0 aliphatic carbocycles. The number of benzene rings is 1. The molecule has 18 heavy (non-hydrogen) atoms. The summed E-state index contributed by atoms with van der Waals surface area (Å²) < 4.78 is 2.16. The van der Waals surface area contributed by atoms with Crippen molar-refractivity contribution in [3.8, 4) is 11.1 Å². The molecule has 0 amide bonds. The van der Waals surface area contributed by atoms with Crippen molar-refractivity contribution >= 4 is 5.52 Å². The normalized spacial score (nSPS) is 10.8. The van der Waals surface area contributed by atoms with Crippen molar-refractivity contribution in [2.45, 2.75) is 13.8 Å². The van der Waals surface area contributed by atoms with Crippen molar-refractivity contribution in [3.05, 3.63) is 72.1 Å². The zero-order chi connectivity index (χ0) is 12.5. The van der Waals surface area contributed by atoms with Gasteiger partial charge in [0.15, 0.2) is 12.4 Å². The summed E-state index contributed by atoms with van der Waals surface area (Å²) in [5.41, 5.74) is 6.40. The van der Waals surface area contributed by atoms with E-state index in [4.69, 9.17) is 0 Å². The van der Waals surface area contributed by atoms with Crippen LogP contribution in [-0.2, 0) is 0 Å². The largest absolute Gasteiger partial charge is 0.211 e. The van der Waals surface area contributed by atoms with E-state index in [1.165, 1.54) is 27.8 Å². The van der Waals surface area contributed by atoms with Crippen molar-refractivity contribution in [1.82, 2.24) is 0 Å². The highest BCUT2D eigenvalue weighted by Gasteiger charge is 2.08. The Morgan fingerprint density at radius 3 is 2.44 bits per heavy atom. The van der Waals surface area contributed by atoms with Crippen LogP contribution in [0.1, 0.15) is 11.1 Å². The summed E-state index contributed by atoms with van der Waals surface area (Å²) in [6.45, 7) is 4.28. The molecule has 0 aliphatic rings. The predicted molar refractivity (Wildman–Crippen MR) is 74.5 cm³/mol. The third-order valence-corrected chi connectivity index (χ3v) is 3.34. The quantitative estimate of drug-likeness (QED) is 0.565. The Balaban J connectivity index is 2.22. The molecule has 0 radical (unpaired) electrons. The van der Waals surface area contributed by atoms with Gasteiger partial charge in [-0.2, -0.15) is 4.40 Å². The summed E-state index contributed by atoms with van der Waals surface area (Å²) in [6.07, 6.45) is 4.27. The fourth-order valence-electron chi connectivity index (χ4n) is 2.29. The molecule has 2 aromatic heterocycles. The Morgan fingerprint density at radius 1 is 0.889 bits per heavy atom. The number of nitrogens with zero attached hydrogens (tertiary/aromatic N) is 1. The lowest BCUT2D eigenvalue weighted by molar-refractivity contribution is -0.512. The van der Waals surface area contributed by atoms with E-state index < -0.39 is 0 Å². The molecule has 1 heteroatoms. The molecule has 0 saturated heterocycles. The highest BCUT2D eigenvalue weighted by Crippen LogP contribution is 2.23. The molecule has 1 aromatic carbocycles. The minimum Gasteiger partial charge on any atom is -0.167 e. The highest BCUT2D eigenvalue weighted by molar-refractivity contribution is 5.70. The van der Waals surface area contributed by atoms with Gasteiger partial charge in [-0.3, -0.25) is 0 Å². The molecular weight excluding hydrogens is 218 g/mol. The lowest BCUT2D eigenvalue weighted by atomic mass is 10.0. The lowest BCUT2D eigenvalue weighted by Gasteiger charge is -2.05. The van der Waals surface area contributed by atoms with Gasteiger partial charge in [-0.1, -0.05) is 29.8 Å². The number of hydrogen-bond donors (Lipinski definition) is 0. The van der Waals surface area contributed by atoms with Crippen LogP contribution in [0, 0.1) is 13.8 Å². The third kappa shape index (κ3) is 1.88. The minimum absolute atomic E-state index is 1.22. The Kier molecular flexibility index (Phi) is 2.60. The maximum Gasteiger partial charge on any atom is 0.211 e. The van der Waals surface area contributed by atoms with Gasteiger partial charge in [0.05, 0.1) is 0 Å². The highest BCUT2D eigenvalue weighted by atomic mass is 14.8. The first-order valence-electron chi connectivity index (χ1n) is 6.22. The Bertz CT molecular complexity index is 696. The topological polar surface area (TPSA) is 4.10 Å². The second kappa shape index (κ2) is 4.26. The monoisotopic (exact) mass is 234 g/mol. The Labute approximate surface area is 107 Å². The standard InChI is InChI=1S/C17H16N/c1-13-6-8-15(9-7-13)17-11-16-5-3-4-10-18(16)12-14(17)2/h3-12H,1-2H3/q+1. The molecular formula is C17H16N+. The van der Waals surface area contributed by atoms with E-state index in [9.17, 15) is 0 Å². The van der Waals surface area contributed by atoms with E-state index in [1.54, 1.807) is 0 Å². The number of rotatable bonds is 1. The van der Waals surface area contributed by atoms with Crippen molar-refractivity contribution in [3.63, 3.8) is 0 Å². The molecule has 0 spiro atoms. The number of pyridine rings is 2. The number of aryl methyl sites for hydroxylation is 2. The average Bonchev–Trinajstić information content (AvgIpc) is 2.39. The van der Waals surface area contributed by atoms with Crippen LogP contribution in [0.3, 0.4) is 0 Å². The van der Waals surface area contributed by atoms with Crippen LogP contribution in [-0.4, -0.2) is 0 Å². The van der Waals surface area contributed by atoms with Gasteiger partial charge in [-0.25, -0.2) is 0 Å². The maximum absolute atomic E-state index is 2.25. The smallest absolute Gasteiger partial charge is 0.167 e.